The third kappa shape index (κ3) is 2.67. The van der Waals surface area contributed by atoms with Crippen LogP contribution < -0.4 is 5.32 Å². The molecule has 1 aromatic carbocycles. The summed E-state index contributed by atoms with van der Waals surface area (Å²) in [6.07, 6.45) is 4.24. The molecule has 3 rings (SSSR count). The molecule has 0 saturated carbocycles. The fraction of sp³-hybridized carbons (Fsp3) is 0.632. The Morgan fingerprint density at radius 1 is 1.23 bits per heavy atom. The zero-order valence-corrected chi connectivity index (χ0v) is 13.9. The Morgan fingerprint density at radius 3 is 2.59 bits per heavy atom. The molecule has 1 N–H and O–H groups in total. The number of nitrogens with zero attached hydrogens (tertiary/aromatic N) is 1. The van der Waals surface area contributed by atoms with Crippen LogP contribution in [0.15, 0.2) is 24.3 Å². The fourth-order valence-electron chi connectivity index (χ4n) is 4.50. The molecule has 1 aliphatic carbocycles. The minimum Gasteiger partial charge on any atom is -0.343 e. The summed E-state index contributed by atoms with van der Waals surface area (Å²) in [5.41, 5.74) is 3.27. The molecule has 3 heteroatoms. The molecule has 0 unspecified atom stereocenters. The van der Waals surface area contributed by atoms with Crippen molar-refractivity contribution in [1.29, 1.82) is 0 Å². The van der Waals surface area contributed by atoms with Crippen molar-refractivity contribution in [2.24, 2.45) is 0 Å². The summed E-state index contributed by atoms with van der Waals surface area (Å²) in [5.74, 6) is 0.721. The molecule has 1 aromatic rings. The van der Waals surface area contributed by atoms with E-state index in [0.717, 1.165) is 32.6 Å². The number of amides is 1. The van der Waals surface area contributed by atoms with Crippen molar-refractivity contribution in [3.05, 3.63) is 35.4 Å². The highest BCUT2D eigenvalue weighted by atomic mass is 16.2. The van der Waals surface area contributed by atoms with Gasteiger partial charge in [-0.15, -0.1) is 0 Å². The molecule has 3 nitrogen and oxygen atoms in total. The molecule has 1 amide bonds. The van der Waals surface area contributed by atoms with E-state index in [-0.39, 0.29) is 0 Å². The van der Waals surface area contributed by atoms with Gasteiger partial charge in [-0.1, -0.05) is 24.3 Å². The second-order valence-corrected chi connectivity index (χ2v) is 6.79. The summed E-state index contributed by atoms with van der Waals surface area (Å²) in [4.78, 5) is 14.5. The molecule has 0 radical (unpaired) electrons. The van der Waals surface area contributed by atoms with Crippen LogP contribution in [0.1, 0.15) is 56.6 Å². The second kappa shape index (κ2) is 6.41. The summed E-state index contributed by atoms with van der Waals surface area (Å²) in [6, 6.07) is 8.86. The second-order valence-electron chi connectivity index (χ2n) is 6.79. The van der Waals surface area contributed by atoms with Gasteiger partial charge in [-0.2, -0.15) is 0 Å². The Labute approximate surface area is 134 Å². The maximum absolute atomic E-state index is 12.6. The van der Waals surface area contributed by atoms with E-state index >= 15 is 0 Å². The quantitative estimate of drug-likeness (QED) is 0.927. The van der Waals surface area contributed by atoms with Crippen LogP contribution in [-0.2, 0) is 10.2 Å². The fourth-order valence-corrected chi connectivity index (χ4v) is 4.50. The third-order valence-electron chi connectivity index (χ3n) is 5.71. The van der Waals surface area contributed by atoms with E-state index in [0.29, 0.717) is 23.7 Å². The average molecular weight is 300 g/mol. The molecule has 22 heavy (non-hydrogen) atoms. The first kappa shape index (κ1) is 15.5. The molecule has 2 aliphatic rings. The summed E-state index contributed by atoms with van der Waals surface area (Å²) < 4.78 is 0. The minimum atomic E-state index is 0.316. The van der Waals surface area contributed by atoms with Gasteiger partial charge in [-0.3, -0.25) is 4.79 Å². The van der Waals surface area contributed by atoms with Crippen molar-refractivity contribution >= 4 is 5.91 Å². The third-order valence-corrected chi connectivity index (χ3v) is 5.71. The molecular formula is C19H28N2O. The predicted molar refractivity (Wildman–Crippen MR) is 90.1 cm³/mol. The Kier molecular flexibility index (Phi) is 4.53. The van der Waals surface area contributed by atoms with E-state index in [2.05, 4.69) is 43.4 Å². The van der Waals surface area contributed by atoms with Crippen LogP contribution in [0.2, 0.25) is 0 Å². The Morgan fingerprint density at radius 2 is 1.91 bits per heavy atom. The topological polar surface area (TPSA) is 32.3 Å². The van der Waals surface area contributed by atoms with Gasteiger partial charge >= 0.3 is 0 Å². The largest absolute Gasteiger partial charge is 0.343 e. The predicted octanol–water partition coefficient (Wildman–Crippen LogP) is 3.05. The van der Waals surface area contributed by atoms with Crippen LogP contribution in [0, 0.1) is 0 Å². The summed E-state index contributed by atoms with van der Waals surface area (Å²) in [7, 11) is 0. The summed E-state index contributed by atoms with van der Waals surface area (Å²) in [6.45, 7) is 7.98. The summed E-state index contributed by atoms with van der Waals surface area (Å²) >= 11 is 0. The lowest BCUT2D eigenvalue weighted by atomic mass is 9.73. The normalized spacial score (nSPS) is 22.5. The SMILES string of the molecule is CCN(CC)C(=O)C[C@@H]1CC2(CCNCC2)c2ccccc21. The molecule has 1 spiro atoms. The number of benzene rings is 1. The van der Waals surface area contributed by atoms with E-state index in [9.17, 15) is 4.79 Å². The molecule has 1 saturated heterocycles. The van der Waals surface area contributed by atoms with Crippen LogP contribution in [0.4, 0.5) is 0 Å². The maximum atomic E-state index is 12.6. The smallest absolute Gasteiger partial charge is 0.223 e. The lowest BCUT2D eigenvalue weighted by Crippen LogP contribution is -2.38. The zero-order valence-electron chi connectivity index (χ0n) is 13.9. The molecule has 1 fully saturated rings. The number of nitrogens with one attached hydrogen (secondary N) is 1. The van der Waals surface area contributed by atoms with Gasteiger partial charge in [0.1, 0.15) is 0 Å². The molecule has 1 heterocycles. The van der Waals surface area contributed by atoms with Crippen molar-refractivity contribution in [1.82, 2.24) is 10.2 Å². The lowest BCUT2D eigenvalue weighted by Gasteiger charge is -2.35. The first-order valence-corrected chi connectivity index (χ1v) is 8.78. The zero-order chi connectivity index (χ0) is 15.6. The van der Waals surface area contributed by atoms with Crippen molar-refractivity contribution in [2.75, 3.05) is 26.2 Å². The van der Waals surface area contributed by atoms with E-state index in [4.69, 9.17) is 0 Å². The number of carbonyl (C=O) groups excluding carboxylic acids is 1. The van der Waals surface area contributed by atoms with Crippen molar-refractivity contribution in [2.45, 2.75) is 50.9 Å². The van der Waals surface area contributed by atoms with Crippen LogP contribution in [0.5, 0.6) is 0 Å². The first-order valence-electron chi connectivity index (χ1n) is 8.78. The van der Waals surface area contributed by atoms with Gasteiger partial charge in [0.2, 0.25) is 5.91 Å². The number of fused-ring (bicyclic) bond motifs is 2. The van der Waals surface area contributed by atoms with E-state index in [1.807, 2.05) is 4.90 Å². The first-order chi connectivity index (χ1) is 10.7. The minimum absolute atomic E-state index is 0.316. The van der Waals surface area contributed by atoms with Gasteiger partial charge in [-0.25, -0.2) is 0 Å². The monoisotopic (exact) mass is 300 g/mol. The van der Waals surface area contributed by atoms with E-state index in [1.54, 1.807) is 0 Å². The highest BCUT2D eigenvalue weighted by molar-refractivity contribution is 5.77. The molecule has 1 aliphatic heterocycles. The Balaban J connectivity index is 1.84. The van der Waals surface area contributed by atoms with Crippen LogP contribution in [0.25, 0.3) is 0 Å². The van der Waals surface area contributed by atoms with Gasteiger partial charge in [0, 0.05) is 19.5 Å². The number of hydrogen-bond acceptors (Lipinski definition) is 2. The van der Waals surface area contributed by atoms with Crippen LogP contribution in [0.3, 0.4) is 0 Å². The maximum Gasteiger partial charge on any atom is 0.223 e. The van der Waals surface area contributed by atoms with Crippen molar-refractivity contribution < 1.29 is 4.79 Å². The lowest BCUT2D eigenvalue weighted by molar-refractivity contribution is -0.131. The Hall–Kier alpha value is -1.35. The highest BCUT2D eigenvalue weighted by Gasteiger charge is 2.44. The van der Waals surface area contributed by atoms with E-state index in [1.165, 1.54) is 24.0 Å². The highest BCUT2D eigenvalue weighted by Crippen LogP contribution is 2.51. The van der Waals surface area contributed by atoms with Crippen LogP contribution >= 0.6 is 0 Å². The number of carbonyl (C=O) groups is 1. The number of rotatable bonds is 4. The number of hydrogen-bond donors (Lipinski definition) is 1. The molecule has 1 atom stereocenters. The van der Waals surface area contributed by atoms with Gasteiger partial charge < -0.3 is 10.2 Å². The van der Waals surface area contributed by atoms with Crippen LogP contribution in [-0.4, -0.2) is 37.0 Å². The molecule has 0 bridgehead atoms. The van der Waals surface area contributed by atoms with Gasteiger partial charge in [-0.05, 0) is 68.7 Å². The summed E-state index contributed by atoms with van der Waals surface area (Å²) in [5, 5.41) is 3.48. The Bertz CT molecular complexity index is 530. The molecular weight excluding hydrogens is 272 g/mol. The van der Waals surface area contributed by atoms with Crippen molar-refractivity contribution in [3.63, 3.8) is 0 Å². The molecule has 120 valence electrons. The van der Waals surface area contributed by atoms with Gasteiger partial charge in [0.05, 0.1) is 0 Å². The van der Waals surface area contributed by atoms with Gasteiger partial charge in [0.15, 0.2) is 0 Å². The average Bonchev–Trinajstić information content (AvgIpc) is 2.83. The van der Waals surface area contributed by atoms with Gasteiger partial charge in [0.25, 0.3) is 0 Å². The van der Waals surface area contributed by atoms with Crippen molar-refractivity contribution in [3.8, 4) is 0 Å². The number of piperidine rings is 1. The molecule has 0 aromatic heterocycles. The van der Waals surface area contributed by atoms with E-state index < -0.39 is 0 Å². The standard InChI is InChI=1S/C19H28N2O/c1-3-21(4-2)18(22)13-15-14-19(9-11-20-12-10-19)17-8-6-5-7-16(15)17/h5-8,15,20H,3-4,9-14H2,1-2H3/t15-/m1/s1.